The molecule has 0 radical (unpaired) electrons. The molecular formula is C20H17BrO2. The molecule has 3 heteroatoms. The number of rotatable bonds is 5. The minimum Gasteiger partial charge on any atom is -0.489 e. The zero-order chi connectivity index (χ0) is 16.2. The van der Waals surface area contributed by atoms with Crippen molar-refractivity contribution in [2.75, 3.05) is 0 Å². The van der Waals surface area contributed by atoms with Crippen molar-refractivity contribution in [3.63, 3.8) is 0 Å². The molecule has 0 heterocycles. The Bertz CT molecular complexity index is 827. The Morgan fingerprint density at radius 2 is 1.70 bits per heavy atom. The van der Waals surface area contributed by atoms with Gasteiger partial charge in [-0.3, -0.25) is 4.79 Å². The summed E-state index contributed by atoms with van der Waals surface area (Å²) in [7, 11) is 0. The fourth-order valence-corrected chi connectivity index (χ4v) is 2.74. The Hall–Kier alpha value is -2.13. The van der Waals surface area contributed by atoms with Gasteiger partial charge in [-0.2, -0.15) is 0 Å². The number of carbonyl (C=O) groups excluding carboxylic acids is 1. The fourth-order valence-electron chi connectivity index (χ4n) is 2.47. The number of halogens is 1. The smallest absolute Gasteiger partial charge is 0.204 e. The highest BCUT2D eigenvalue weighted by molar-refractivity contribution is 9.18. The Labute approximate surface area is 144 Å². The third kappa shape index (κ3) is 3.80. The molecule has 0 bridgehead atoms. The van der Waals surface area contributed by atoms with Gasteiger partial charge in [-0.15, -0.1) is 0 Å². The first-order valence-electron chi connectivity index (χ1n) is 7.53. The largest absolute Gasteiger partial charge is 0.489 e. The molecule has 0 spiro atoms. The van der Waals surface area contributed by atoms with Crippen LogP contribution in [0.15, 0.2) is 66.7 Å². The van der Waals surface area contributed by atoms with E-state index in [1.807, 2.05) is 67.6 Å². The van der Waals surface area contributed by atoms with E-state index in [1.165, 1.54) is 0 Å². The van der Waals surface area contributed by atoms with Crippen LogP contribution < -0.4 is 4.74 Å². The summed E-state index contributed by atoms with van der Waals surface area (Å²) in [5.74, 6) is 0.701. The van der Waals surface area contributed by atoms with Crippen LogP contribution >= 0.6 is 15.9 Å². The zero-order valence-corrected chi connectivity index (χ0v) is 14.4. The molecule has 2 nitrogen and oxygen atoms in total. The second-order valence-electron chi connectivity index (χ2n) is 5.57. The molecular weight excluding hydrogens is 352 g/mol. The van der Waals surface area contributed by atoms with Gasteiger partial charge >= 0.3 is 0 Å². The number of hydrogen-bond donors (Lipinski definition) is 0. The first-order chi connectivity index (χ1) is 11.1. The summed E-state index contributed by atoms with van der Waals surface area (Å²) < 4.78 is 5.85. The Morgan fingerprint density at radius 3 is 2.43 bits per heavy atom. The van der Waals surface area contributed by atoms with Crippen molar-refractivity contribution in [2.45, 2.75) is 19.4 Å². The Balaban J connectivity index is 1.79. The van der Waals surface area contributed by atoms with Crippen molar-refractivity contribution in [1.29, 1.82) is 0 Å². The third-order valence-corrected chi connectivity index (χ3v) is 4.61. The van der Waals surface area contributed by atoms with Crippen molar-refractivity contribution in [3.8, 4) is 5.75 Å². The van der Waals surface area contributed by atoms with Crippen molar-refractivity contribution >= 4 is 31.4 Å². The molecule has 3 aromatic carbocycles. The summed E-state index contributed by atoms with van der Waals surface area (Å²) in [6, 6.07) is 22.2. The highest BCUT2D eigenvalue weighted by atomic mass is 79.9. The van der Waals surface area contributed by atoms with Crippen LogP contribution in [0.1, 0.15) is 24.0 Å². The average molecular weight is 369 g/mol. The maximum atomic E-state index is 11.5. The van der Waals surface area contributed by atoms with Gasteiger partial charge in [-0.1, -0.05) is 61.5 Å². The van der Waals surface area contributed by atoms with Gasteiger partial charge in [-0.25, -0.2) is 0 Å². The number of ether oxygens (including phenoxy) is 1. The van der Waals surface area contributed by atoms with Gasteiger partial charge in [0, 0.05) is 0 Å². The standard InChI is InChI=1S/C20H17BrO2/c1-14(20(21)22)16-7-8-18-12-19(10-9-17(18)11-16)23-13-15-5-3-2-4-6-15/h2-12,14H,13H2,1H3. The lowest BCUT2D eigenvalue weighted by atomic mass is 9.99. The fraction of sp³-hybridized carbons (Fsp3) is 0.150. The van der Waals surface area contributed by atoms with E-state index in [9.17, 15) is 4.79 Å². The van der Waals surface area contributed by atoms with Crippen molar-refractivity contribution in [3.05, 3.63) is 77.9 Å². The lowest BCUT2D eigenvalue weighted by Crippen LogP contribution is -2.00. The van der Waals surface area contributed by atoms with Gasteiger partial charge in [0.1, 0.15) is 12.4 Å². The van der Waals surface area contributed by atoms with Crippen LogP contribution in [0, 0.1) is 0 Å². The maximum Gasteiger partial charge on any atom is 0.204 e. The van der Waals surface area contributed by atoms with E-state index < -0.39 is 0 Å². The molecule has 0 saturated heterocycles. The van der Waals surface area contributed by atoms with E-state index in [0.717, 1.165) is 27.6 Å². The third-order valence-electron chi connectivity index (χ3n) is 3.92. The second-order valence-corrected chi connectivity index (χ2v) is 6.35. The SMILES string of the molecule is CC(C(=O)Br)c1ccc2cc(OCc3ccccc3)ccc2c1. The van der Waals surface area contributed by atoms with Gasteiger partial charge in [0.05, 0.1) is 5.92 Å². The highest BCUT2D eigenvalue weighted by Gasteiger charge is 2.12. The molecule has 23 heavy (non-hydrogen) atoms. The van der Waals surface area contributed by atoms with Crippen LogP contribution in [-0.4, -0.2) is 4.69 Å². The molecule has 0 fully saturated rings. The average Bonchev–Trinajstić information content (AvgIpc) is 2.59. The van der Waals surface area contributed by atoms with E-state index in [2.05, 4.69) is 22.0 Å². The number of hydrogen-bond acceptors (Lipinski definition) is 2. The molecule has 0 aliphatic rings. The quantitative estimate of drug-likeness (QED) is 0.560. The number of fused-ring (bicyclic) bond motifs is 1. The molecule has 116 valence electrons. The lowest BCUT2D eigenvalue weighted by Gasteiger charge is -2.10. The summed E-state index contributed by atoms with van der Waals surface area (Å²) in [5.41, 5.74) is 2.16. The van der Waals surface area contributed by atoms with E-state index in [0.29, 0.717) is 6.61 Å². The predicted molar refractivity (Wildman–Crippen MR) is 97.1 cm³/mol. The molecule has 0 aliphatic carbocycles. The molecule has 0 N–H and O–H groups in total. The van der Waals surface area contributed by atoms with Crippen molar-refractivity contribution < 1.29 is 9.53 Å². The molecule has 0 aliphatic heterocycles. The summed E-state index contributed by atoms with van der Waals surface area (Å²) in [4.78, 5) is 11.5. The van der Waals surface area contributed by atoms with Gasteiger partial charge in [0.15, 0.2) is 0 Å². The van der Waals surface area contributed by atoms with Crippen molar-refractivity contribution in [2.24, 2.45) is 0 Å². The summed E-state index contributed by atoms with van der Waals surface area (Å²) in [6.45, 7) is 2.45. The summed E-state index contributed by atoms with van der Waals surface area (Å²) >= 11 is 3.04. The topological polar surface area (TPSA) is 26.3 Å². The van der Waals surface area contributed by atoms with Gasteiger partial charge in [0.2, 0.25) is 4.69 Å². The van der Waals surface area contributed by atoms with E-state index in [4.69, 9.17) is 4.74 Å². The lowest BCUT2D eigenvalue weighted by molar-refractivity contribution is -0.111. The second kappa shape index (κ2) is 6.97. The maximum absolute atomic E-state index is 11.5. The zero-order valence-electron chi connectivity index (χ0n) is 12.8. The molecule has 1 atom stereocenters. The van der Waals surface area contributed by atoms with Crippen LogP contribution in [0.25, 0.3) is 10.8 Å². The first kappa shape index (κ1) is 15.8. The number of benzene rings is 3. The molecule has 3 aromatic rings. The van der Waals surface area contributed by atoms with Crippen LogP contribution in [-0.2, 0) is 11.4 Å². The predicted octanol–water partition coefficient (Wildman–Crippen LogP) is 5.44. The van der Waals surface area contributed by atoms with Crippen LogP contribution in [0.3, 0.4) is 0 Å². The van der Waals surface area contributed by atoms with E-state index in [-0.39, 0.29) is 10.6 Å². The Morgan fingerprint density at radius 1 is 1.00 bits per heavy atom. The minimum absolute atomic E-state index is 0.000311. The normalized spacial score (nSPS) is 12.1. The van der Waals surface area contributed by atoms with Crippen LogP contribution in [0.5, 0.6) is 5.75 Å². The molecule has 0 amide bonds. The first-order valence-corrected chi connectivity index (χ1v) is 8.32. The monoisotopic (exact) mass is 368 g/mol. The molecule has 0 aromatic heterocycles. The van der Waals surface area contributed by atoms with Crippen LogP contribution in [0.2, 0.25) is 0 Å². The van der Waals surface area contributed by atoms with Gasteiger partial charge in [-0.05, 0) is 50.0 Å². The summed E-state index contributed by atoms with van der Waals surface area (Å²) in [5, 5.41) is 2.21. The highest BCUT2D eigenvalue weighted by Crippen LogP contribution is 2.26. The minimum atomic E-state index is -0.145. The van der Waals surface area contributed by atoms with Crippen molar-refractivity contribution in [1.82, 2.24) is 0 Å². The molecule has 3 rings (SSSR count). The van der Waals surface area contributed by atoms with Gasteiger partial charge < -0.3 is 4.74 Å². The van der Waals surface area contributed by atoms with Gasteiger partial charge in [0.25, 0.3) is 0 Å². The molecule has 1 unspecified atom stereocenters. The summed E-state index contributed by atoms with van der Waals surface area (Å²) in [6.07, 6.45) is 0. The molecule has 0 saturated carbocycles. The number of carbonyl (C=O) groups is 1. The van der Waals surface area contributed by atoms with E-state index >= 15 is 0 Å². The van der Waals surface area contributed by atoms with Crippen LogP contribution in [0.4, 0.5) is 0 Å². The Kier molecular flexibility index (Phi) is 4.77. The van der Waals surface area contributed by atoms with E-state index in [1.54, 1.807) is 0 Å².